The van der Waals surface area contributed by atoms with Gasteiger partial charge in [0.2, 0.25) is 0 Å². The molecule has 0 aromatic heterocycles. The molecule has 3 aliphatic heterocycles. The first-order valence-corrected chi connectivity index (χ1v) is 7.56. The molecule has 20 heavy (non-hydrogen) atoms. The third kappa shape index (κ3) is 2.96. The third-order valence-corrected chi connectivity index (χ3v) is 4.08. The predicted molar refractivity (Wildman–Crippen MR) is 71.2 cm³/mol. The Kier molecular flexibility index (Phi) is 3.94. The lowest BCUT2D eigenvalue weighted by atomic mass is 10.1. The van der Waals surface area contributed by atoms with E-state index in [0.29, 0.717) is 26.3 Å². The van der Waals surface area contributed by atoms with Crippen molar-refractivity contribution in [2.45, 2.75) is 50.9 Å². The molecule has 0 N–H and O–H groups in total. The fourth-order valence-corrected chi connectivity index (χ4v) is 2.71. The average Bonchev–Trinajstić information content (AvgIpc) is 3.32. The summed E-state index contributed by atoms with van der Waals surface area (Å²) in [5.74, 6) is -0.0535. The molecule has 3 heterocycles. The van der Waals surface area contributed by atoms with Gasteiger partial charge in [-0.1, -0.05) is 26.2 Å². The van der Waals surface area contributed by atoms with Crippen LogP contribution in [0.2, 0.25) is 0 Å². The van der Waals surface area contributed by atoms with Gasteiger partial charge in [-0.15, -0.1) is 0 Å². The summed E-state index contributed by atoms with van der Waals surface area (Å²) in [6.07, 6.45) is 4.12. The molecule has 3 fully saturated rings. The van der Waals surface area contributed by atoms with Gasteiger partial charge < -0.3 is 14.4 Å². The number of carbonyl (C=O) groups excluding carboxylic acids is 2. The maximum Gasteiger partial charge on any atom is 0.327 e. The summed E-state index contributed by atoms with van der Waals surface area (Å²) in [4.78, 5) is 27.9. The largest absolute Gasteiger partial charge is 0.371 e. The minimum Gasteiger partial charge on any atom is -0.371 e. The second-order valence-corrected chi connectivity index (χ2v) is 5.81. The van der Waals surface area contributed by atoms with Crippen molar-refractivity contribution in [2.75, 3.05) is 26.3 Å². The van der Waals surface area contributed by atoms with Crippen LogP contribution in [0.15, 0.2) is 0 Å². The molecule has 3 amide bonds. The van der Waals surface area contributed by atoms with Crippen LogP contribution in [0.25, 0.3) is 0 Å². The van der Waals surface area contributed by atoms with Gasteiger partial charge in [-0.25, -0.2) is 4.79 Å². The Morgan fingerprint density at radius 1 is 1.10 bits per heavy atom. The highest BCUT2D eigenvalue weighted by atomic mass is 16.6. The lowest BCUT2D eigenvalue weighted by Crippen LogP contribution is -2.38. The van der Waals surface area contributed by atoms with Crippen molar-refractivity contribution in [2.24, 2.45) is 0 Å². The van der Waals surface area contributed by atoms with Gasteiger partial charge in [-0.2, -0.15) is 0 Å². The predicted octanol–water partition coefficient (Wildman–Crippen LogP) is 0.997. The first-order valence-electron chi connectivity index (χ1n) is 7.56. The van der Waals surface area contributed by atoms with E-state index in [9.17, 15) is 9.59 Å². The zero-order valence-electron chi connectivity index (χ0n) is 11.9. The van der Waals surface area contributed by atoms with Crippen molar-refractivity contribution < 1.29 is 19.1 Å². The Bertz CT molecular complexity index is 393. The molecule has 3 atom stereocenters. The molecule has 3 unspecified atom stereocenters. The van der Waals surface area contributed by atoms with Gasteiger partial charge in [0, 0.05) is 0 Å². The second kappa shape index (κ2) is 5.69. The van der Waals surface area contributed by atoms with E-state index < -0.39 is 0 Å². The molecule has 3 saturated heterocycles. The van der Waals surface area contributed by atoms with Gasteiger partial charge in [0.15, 0.2) is 0 Å². The Morgan fingerprint density at radius 2 is 1.75 bits per heavy atom. The minimum absolute atomic E-state index is 0.0521. The van der Waals surface area contributed by atoms with Crippen LogP contribution < -0.4 is 0 Å². The lowest BCUT2D eigenvalue weighted by Gasteiger charge is -2.20. The molecule has 112 valence electrons. The zero-order valence-corrected chi connectivity index (χ0v) is 11.9. The van der Waals surface area contributed by atoms with E-state index in [1.807, 2.05) is 0 Å². The summed E-state index contributed by atoms with van der Waals surface area (Å²) in [6.45, 7) is 4.44. The van der Waals surface area contributed by atoms with E-state index in [-0.39, 0.29) is 30.2 Å². The SMILES string of the molecule is CCCCCC1C(=O)N(CC2CO2)C(=O)N1CC1CO1. The maximum atomic E-state index is 12.5. The van der Waals surface area contributed by atoms with Crippen LogP contribution in [0.4, 0.5) is 4.79 Å². The van der Waals surface area contributed by atoms with Crippen LogP contribution >= 0.6 is 0 Å². The van der Waals surface area contributed by atoms with Crippen LogP contribution in [-0.4, -0.2) is 66.3 Å². The number of unbranched alkanes of at least 4 members (excludes halogenated alkanes) is 2. The number of rotatable bonds is 8. The van der Waals surface area contributed by atoms with Crippen molar-refractivity contribution in [3.8, 4) is 0 Å². The number of epoxide rings is 2. The Hall–Kier alpha value is -1.14. The molecule has 6 nitrogen and oxygen atoms in total. The van der Waals surface area contributed by atoms with Gasteiger partial charge in [0.25, 0.3) is 5.91 Å². The average molecular weight is 282 g/mol. The van der Waals surface area contributed by atoms with E-state index in [1.165, 1.54) is 4.90 Å². The standard InChI is InChI=1S/C14H22N2O4/c1-2-3-4-5-12-13(17)16(7-11-9-20-11)14(18)15(12)6-10-8-19-10/h10-12H,2-9H2,1H3. The number of hydrogen-bond donors (Lipinski definition) is 0. The first kappa shape index (κ1) is 13.8. The monoisotopic (exact) mass is 282 g/mol. The fraction of sp³-hybridized carbons (Fsp3) is 0.857. The molecule has 0 radical (unpaired) electrons. The molecular formula is C14H22N2O4. The highest BCUT2D eigenvalue weighted by molar-refractivity contribution is 6.04. The van der Waals surface area contributed by atoms with Gasteiger partial charge in [-0.3, -0.25) is 9.69 Å². The molecule has 0 aromatic carbocycles. The number of nitrogens with zero attached hydrogens (tertiary/aromatic N) is 2. The van der Waals surface area contributed by atoms with E-state index in [2.05, 4.69) is 6.92 Å². The van der Waals surface area contributed by atoms with E-state index >= 15 is 0 Å². The van der Waals surface area contributed by atoms with Crippen LogP contribution in [0, 0.1) is 0 Å². The molecule has 0 aliphatic carbocycles. The van der Waals surface area contributed by atoms with Crippen LogP contribution in [0.5, 0.6) is 0 Å². The van der Waals surface area contributed by atoms with Crippen molar-refractivity contribution in [3.05, 3.63) is 0 Å². The highest BCUT2D eigenvalue weighted by Gasteiger charge is 2.48. The molecule has 0 spiro atoms. The van der Waals surface area contributed by atoms with Crippen molar-refractivity contribution in [3.63, 3.8) is 0 Å². The van der Waals surface area contributed by atoms with Gasteiger partial charge in [-0.05, 0) is 6.42 Å². The van der Waals surface area contributed by atoms with Crippen LogP contribution in [0.1, 0.15) is 32.6 Å². The van der Waals surface area contributed by atoms with Crippen molar-refractivity contribution >= 4 is 11.9 Å². The molecular weight excluding hydrogens is 260 g/mol. The third-order valence-electron chi connectivity index (χ3n) is 4.08. The smallest absolute Gasteiger partial charge is 0.327 e. The quantitative estimate of drug-likeness (QED) is 0.378. The number of carbonyl (C=O) groups is 2. The van der Waals surface area contributed by atoms with E-state index in [4.69, 9.17) is 9.47 Å². The number of amides is 3. The molecule has 0 saturated carbocycles. The summed E-state index contributed by atoms with van der Waals surface area (Å²) in [5.41, 5.74) is 0. The Balaban J connectivity index is 1.65. The fourth-order valence-electron chi connectivity index (χ4n) is 2.71. The molecule has 0 aromatic rings. The highest BCUT2D eigenvalue weighted by Crippen LogP contribution is 2.26. The minimum atomic E-state index is -0.294. The van der Waals surface area contributed by atoms with Gasteiger partial charge in [0.1, 0.15) is 6.04 Å². The number of urea groups is 1. The normalized spacial score (nSPS) is 32.1. The van der Waals surface area contributed by atoms with Crippen molar-refractivity contribution in [1.82, 2.24) is 9.80 Å². The molecule has 0 bridgehead atoms. The zero-order chi connectivity index (χ0) is 14.1. The molecule has 3 aliphatic rings. The van der Waals surface area contributed by atoms with Crippen LogP contribution in [0.3, 0.4) is 0 Å². The summed E-state index contributed by atoms with van der Waals surface area (Å²) >= 11 is 0. The number of imide groups is 1. The first-order chi connectivity index (χ1) is 9.70. The Morgan fingerprint density at radius 3 is 2.35 bits per heavy atom. The summed E-state index contributed by atoms with van der Waals surface area (Å²) in [7, 11) is 0. The second-order valence-electron chi connectivity index (χ2n) is 5.81. The van der Waals surface area contributed by atoms with Gasteiger partial charge >= 0.3 is 6.03 Å². The summed E-state index contributed by atoms with van der Waals surface area (Å²) in [5, 5.41) is 0. The van der Waals surface area contributed by atoms with E-state index in [1.54, 1.807) is 4.90 Å². The van der Waals surface area contributed by atoms with Gasteiger partial charge in [0.05, 0.1) is 38.5 Å². The molecule has 6 heteroatoms. The van der Waals surface area contributed by atoms with E-state index in [0.717, 1.165) is 25.7 Å². The summed E-state index contributed by atoms with van der Waals surface area (Å²) in [6, 6.07) is -0.459. The lowest BCUT2D eigenvalue weighted by molar-refractivity contribution is -0.128. The maximum absolute atomic E-state index is 12.5. The number of ether oxygens (including phenoxy) is 2. The topological polar surface area (TPSA) is 65.7 Å². The Labute approximate surface area is 119 Å². The summed E-state index contributed by atoms with van der Waals surface area (Å²) < 4.78 is 10.3. The van der Waals surface area contributed by atoms with Crippen LogP contribution in [-0.2, 0) is 14.3 Å². The number of hydrogen-bond acceptors (Lipinski definition) is 4. The van der Waals surface area contributed by atoms with Crippen molar-refractivity contribution in [1.29, 1.82) is 0 Å². The molecule has 3 rings (SSSR count).